The number of aromatic nitrogens is 1. The highest BCUT2D eigenvalue weighted by atomic mass is 32.2. The molecule has 1 aliphatic rings. The molecule has 0 bridgehead atoms. The van der Waals surface area contributed by atoms with E-state index in [0.717, 1.165) is 10.7 Å². The molecule has 5 nitrogen and oxygen atoms in total. The van der Waals surface area contributed by atoms with Crippen molar-refractivity contribution in [2.24, 2.45) is 11.8 Å². The Morgan fingerprint density at radius 1 is 1.67 bits per heavy atom. The van der Waals surface area contributed by atoms with Crippen LogP contribution in [0.1, 0.15) is 17.1 Å². The van der Waals surface area contributed by atoms with E-state index in [1.165, 1.54) is 11.3 Å². The Labute approximate surface area is 110 Å². The van der Waals surface area contributed by atoms with Gasteiger partial charge in [-0.3, -0.25) is 4.79 Å². The second-order valence-corrected chi connectivity index (χ2v) is 7.87. The molecule has 0 spiro atoms. The van der Waals surface area contributed by atoms with Crippen LogP contribution in [0.5, 0.6) is 0 Å². The van der Waals surface area contributed by atoms with Crippen molar-refractivity contribution in [1.29, 1.82) is 0 Å². The van der Waals surface area contributed by atoms with Crippen LogP contribution in [0.25, 0.3) is 0 Å². The molecule has 1 N–H and O–H groups in total. The van der Waals surface area contributed by atoms with Gasteiger partial charge in [0.05, 0.1) is 22.4 Å². The number of carbonyl (C=O) groups is 1. The van der Waals surface area contributed by atoms with Crippen LogP contribution >= 0.6 is 11.3 Å². The standard InChI is InChI=1S/C11H15NO4S2/c1-7-5-17-10(12-7)4-9(11(13)14)8-2-3-18(15,16)6-8/h5,8-9H,2-4,6H2,1H3,(H,13,14). The Bertz CT molecular complexity index is 549. The third kappa shape index (κ3) is 3.08. The maximum Gasteiger partial charge on any atom is 0.307 e. The Hall–Kier alpha value is -0.950. The summed E-state index contributed by atoms with van der Waals surface area (Å²) < 4.78 is 22.8. The molecule has 1 saturated heterocycles. The fourth-order valence-electron chi connectivity index (χ4n) is 2.28. The minimum absolute atomic E-state index is 0.00563. The van der Waals surface area contributed by atoms with Crippen LogP contribution in [0, 0.1) is 18.8 Å². The average molecular weight is 289 g/mol. The van der Waals surface area contributed by atoms with Gasteiger partial charge in [-0.2, -0.15) is 0 Å². The first-order chi connectivity index (χ1) is 8.37. The molecule has 2 rings (SSSR count). The maximum absolute atomic E-state index is 11.4. The fraction of sp³-hybridized carbons (Fsp3) is 0.636. The zero-order valence-electron chi connectivity index (χ0n) is 10.00. The smallest absolute Gasteiger partial charge is 0.307 e. The summed E-state index contributed by atoms with van der Waals surface area (Å²) in [5.74, 6) is -1.75. The molecule has 18 heavy (non-hydrogen) atoms. The van der Waals surface area contributed by atoms with Crippen LogP contribution in [0.3, 0.4) is 0 Å². The number of carboxylic acids is 1. The van der Waals surface area contributed by atoms with E-state index in [2.05, 4.69) is 4.98 Å². The molecule has 0 amide bonds. The summed E-state index contributed by atoms with van der Waals surface area (Å²) in [5.41, 5.74) is 0.873. The minimum atomic E-state index is -3.04. The van der Waals surface area contributed by atoms with Crippen LogP contribution in [0.4, 0.5) is 0 Å². The quantitative estimate of drug-likeness (QED) is 0.898. The molecule has 1 fully saturated rings. The molecule has 0 aliphatic carbocycles. The van der Waals surface area contributed by atoms with Crippen LogP contribution in [-0.4, -0.2) is 36.0 Å². The highest BCUT2D eigenvalue weighted by molar-refractivity contribution is 7.91. The number of aryl methyl sites for hydroxylation is 1. The van der Waals surface area contributed by atoms with Crippen LogP contribution < -0.4 is 0 Å². The lowest BCUT2D eigenvalue weighted by Gasteiger charge is -2.16. The molecule has 2 unspecified atom stereocenters. The van der Waals surface area contributed by atoms with Gasteiger partial charge in [0.1, 0.15) is 0 Å². The van der Waals surface area contributed by atoms with Crippen molar-refractivity contribution in [2.45, 2.75) is 19.8 Å². The van der Waals surface area contributed by atoms with Crippen molar-refractivity contribution in [1.82, 2.24) is 4.98 Å². The Balaban J connectivity index is 2.12. The van der Waals surface area contributed by atoms with E-state index in [-0.39, 0.29) is 17.4 Å². The molecule has 0 saturated carbocycles. The molecule has 1 aliphatic heterocycles. The first-order valence-electron chi connectivity index (χ1n) is 5.71. The number of carboxylic acid groups (broad SMARTS) is 1. The zero-order chi connectivity index (χ0) is 13.3. The SMILES string of the molecule is Cc1csc(CC(C(=O)O)C2CCS(=O)(=O)C2)n1. The molecule has 2 atom stereocenters. The number of nitrogens with zero attached hydrogens (tertiary/aromatic N) is 1. The molecule has 1 aromatic rings. The van der Waals surface area contributed by atoms with Gasteiger partial charge in [0.25, 0.3) is 0 Å². The predicted octanol–water partition coefficient (Wildman–Crippen LogP) is 1.13. The number of sulfone groups is 1. The molecule has 100 valence electrons. The topological polar surface area (TPSA) is 84.3 Å². The van der Waals surface area contributed by atoms with Crippen LogP contribution in [0.2, 0.25) is 0 Å². The number of hydrogen-bond acceptors (Lipinski definition) is 5. The summed E-state index contributed by atoms with van der Waals surface area (Å²) in [4.78, 5) is 15.5. The lowest BCUT2D eigenvalue weighted by molar-refractivity contribution is -0.143. The van der Waals surface area contributed by atoms with Gasteiger partial charge in [-0.25, -0.2) is 13.4 Å². The van der Waals surface area contributed by atoms with E-state index < -0.39 is 21.7 Å². The van der Waals surface area contributed by atoms with Crippen LogP contribution in [0.15, 0.2) is 5.38 Å². The predicted molar refractivity (Wildman–Crippen MR) is 68.4 cm³/mol. The first-order valence-corrected chi connectivity index (χ1v) is 8.42. The van der Waals surface area contributed by atoms with Gasteiger partial charge >= 0.3 is 5.97 Å². The van der Waals surface area contributed by atoms with E-state index in [1.807, 2.05) is 12.3 Å². The Morgan fingerprint density at radius 2 is 2.39 bits per heavy atom. The van der Waals surface area contributed by atoms with Crippen molar-refractivity contribution >= 4 is 27.1 Å². The van der Waals surface area contributed by atoms with E-state index in [4.69, 9.17) is 0 Å². The van der Waals surface area contributed by atoms with E-state index >= 15 is 0 Å². The lowest BCUT2D eigenvalue weighted by Crippen LogP contribution is -2.26. The minimum Gasteiger partial charge on any atom is -0.481 e. The molecule has 7 heteroatoms. The van der Waals surface area contributed by atoms with Crippen molar-refractivity contribution in [3.63, 3.8) is 0 Å². The monoisotopic (exact) mass is 289 g/mol. The summed E-state index contributed by atoms with van der Waals surface area (Å²) in [6.07, 6.45) is 0.775. The second kappa shape index (κ2) is 4.97. The second-order valence-electron chi connectivity index (χ2n) is 4.69. The van der Waals surface area contributed by atoms with Crippen LogP contribution in [-0.2, 0) is 21.1 Å². The lowest BCUT2D eigenvalue weighted by atomic mass is 9.89. The molecule has 1 aromatic heterocycles. The summed E-state index contributed by atoms with van der Waals surface area (Å²) in [6.45, 7) is 1.86. The van der Waals surface area contributed by atoms with Gasteiger partial charge in [-0.15, -0.1) is 11.3 Å². The van der Waals surface area contributed by atoms with E-state index in [9.17, 15) is 18.3 Å². The number of rotatable bonds is 4. The molecule has 2 heterocycles. The molecular weight excluding hydrogens is 274 g/mol. The third-order valence-electron chi connectivity index (χ3n) is 3.21. The van der Waals surface area contributed by atoms with Crippen molar-refractivity contribution in [2.75, 3.05) is 11.5 Å². The number of hydrogen-bond donors (Lipinski definition) is 1. The fourth-order valence-corrected chi connectivity index (χ4v) is 4.99. The van der Waals surface area contributed by atoms with Gasteiger partial charge in [-0.1, -0.05) is 0 Å². The first kappa shape index (κ1) is 13.5. The molecular formula is C11H15NO4S2. The normalized spacial score (nSPS) is 23.9. The van der Waals surface area contributed by atoms with Crippen molar-refractivity contribution in [3.05, 3.63) is 16.1 Å². The number of thiazole rings is 1. The summed E-state index contributed by atoms with van der Waals surface area (Å²) >= 11 is 1.43. The van der Waals surface area contributed by atoms with Gasteiger partial charge < -0.3 is 5.11 Å². The zero-order valence-corrected chi connectivity index (χ0v) is 11.6. The third-order valence-corrected chi connectivity index (χ3v) is 6.00. The van der Waals surface area contributed by atoms with E-state index in [1.54, 1.807) is 0 Å². The molecule has 0 radical (unpaired) electrons. The Kier molecular flexibility index (Phi) is 3.72. The summed E-state index contributed by atoms with van der Waals surface area (Å²) in [6, 6.07) is 0. The average Bonchev–Trinajstić information content (AvgIpc) is 2.81. The summed E-state index contributed by atoms with van der Waals surface area (Å²) in [5, 5.41) is 11.9. The van der Waals surface area contributed by atoms with Crippen molar-refractivity contribution in [3.8, 4) is 0 Å². The van der Waals surface area contributed by atoms with Gasteiger partial charge in [0, 0.05) is 17.5 Å². The van der Waals surface area contributed by atoms with Gasteiger partial charge in [-0.05, 0) is 19.3 Å². The van der Waals surface area contributed by atoms with E-state index in [0.29, 0.717) is 12.8 Å². The molecule has 0 aromatic carbocycles. The highest BCUT2D eigenvalue weighted by Crippen LogP contribution is 2.29. The highest BCUT2D eigenvalue weighted by Gasteiger charge is 2.37. The van der Waals surface area contributed by atoms with Gasteiger partial charge in [0.15, 0.2) is 9.84 Å². The largest absolute Gasteiger partial charge is 0.481 e. The Morgan fingerprint density at radius 3 is 2.83 bits per heavy atom. The maximum atomic E-state index is 11.4. The van der Waals surface area contributed by atoms with Crippen molar-refractivity contribution < 1.29 is 18.3 Å². The summed E-state index contributed by atoms with van der Waals surface area (Å²) in [7, 11) is -3.04. The van der Waals surface area contributed by atoms with Gasteiger partial charge in [0.2, 0.25) is 0 Å². The number of aliphatic carboxylic acids is 1.